The Bertz CT molecular complexity index is 959. The molecule has 3 rings (SSSR count). The van der Waals surface area contributed by atoms with Crippen molar-refractivity contribution >= 4 is 17.5 Å². The van der Waals surface area contributed by atoms with Crippen LogP contribution in [0.3, 0.4) is 0 Å². The number of halogens is 1. The number of amides is 1. The summed E-state index contributed by atoms with van der Waals surface area (Å²) in [6, 6.07) is 16.1. The molecule has 0 spiro atoms. The molecule has 134 valence electrons. The summed E-state index contributed by atoms with van der Waals surface area (Å²) in [5.41, 5.74) is 0.958. The van der Waals surface area contributed by atoms with Gasteiger partial charge >= 0.3 is 5.69 Å². The minimum atomic E-state index is -0.384. The number of hydrogen-bond acceptors (Lipinski definition) is 3. The Morgan fingerprint density at radius 1 is 1.12 bits per heavy atom. The Hall–Kier alpha value is -2.86. The molecule has 1 aromatic heterocycles. The van der Waals surface area contributed by atoms with Gasteiger partial charge in [-0.15, -0.1) is 5.10 Å². The molecule has 0 aliphatic rings. The zero-order valence-corrected chi connectivity index (χ0v) is 15.3. The van der Waals surface area contributed by atoms with Crippen molar-refractivity contribution in [1.82, 2.24) is 19.7 Å². The molecule has 0 saturated heterocycles. The van der Waals surface area contributed by atoms with Crippen molar-refractivity contribution in [2.75, 3.05) is 0 Å². The van der Waals surface area contributed by atoms with Gasteiger partial charge in [-0.2, -0.15) is 4.68 Å². The molecule has 0 saturated carbocycles. The summed E-state index contributed by atoms with van der Waals surface area (Å²) in [5, 5.41) is 7.83. The highest BCUT2D eigenvalue weighted by Crippen LogP contribution is 2.17. The third-order valence-electron chi connectivity index (χ3n) is 3.72. The molecule has 26 heavy (non-hydrogen) atoms. The van der Waals surface area contributed by atoms with E-state index in [4.69, 9.17) is 11.6 Å². The maximum Gasteiger partial charge on any atom is 0.351 e. The van der Waals surface area contributed by atoms with Gasteiger partial charge in [-0.05, 0) is 38.1 Å². The van der Waals surface area contributed by atoms with E-state index in [2.05, 4.69) is 10.4 Å². The van der Waals surface area contributed by atoms with Crippen LogP contribution in [0.15, 0.2) is 59.4 Å². The lowest BCUT2D eigenvalue weighted by Gasteiger charge is -2.09. The van der Waals surface area contributed by atoms with E-state index >= 15 is 0 Å². The van der Waals surface area contributed by atoms with Crippen LogP contribution < -0.4 is 11.0 Å². The summed E-state index contributed by atoms with van der Waals surface area (Å²) in [4.78, 5) is 25.1. The van der Waals surface area contributed by atoms with E-state index in [1.807, 2.05) is 44.2 Å². The highest BCUT2D eigenvalue weighted by atomic mass is 35.5. The van der Waals surface area contributed by atoms with Crippen molar-refractivity contribution < 1.29 is 4.79 Å². The summed E-state index contributed by atoms with van der Waals surface area (Å²) in [7, 11) is 0. The number of nitrogens with one attached hydrogen (secondary N) is 1. The van der Waals surface area contributed by atoms with Gasteiger partial charge in [0.1, 0.15) is 6.54 Å². The van der Waals surface area contributed by atoms with E-state index in [9.17, 15) is 9.59 Å². The number of carbonyl (C=O) groups is 1. The van der Waals surface area contributed by atoms with Gasteiger partial charge in [-0.25, -0.2) is 4.79 Å². The van der Waals surface area contributed by atoms with Crippen LogP contribution in [0.2, 0.25) is 5.02 Å². The Labute approximate surface area is 156 Å². The Balaban J connectivity index is 2.09. The number of aromatic nitrogens is 3. The van der Waals surface area contributed by atoms with Crippen molar-refractivity contribution in [3.05, 3.63) is 70.1 Å². The largest absolute Gasteiger partial charge is 0.352 e. The number of hydrogen-bond donors (Lipinski definition) is 1. The second-order valence-corrected chi connectivity index (χ2v) is 6.61. The fourth-order valence-corrected chi connectivity index (χ4v) is 2.73. The molecule has 0 radical (unpaired) electrons. The zero-order chi connectivity index (χ0) is 18.7. The van der Waals surface area contributed by atoms with Crippen LogP contribution in [-0.2, 0) is 11.3 Å². The average molecular weight is 371 g/mol. The summed E-state index contributed by atoms with van der Waals surface area (Å²) in [6.45, 7) is 3.64. The first kappa shape index (κ1) is 17.9. The number of rotatable bonds is 5. The van der Waals surface area contributed by atoms with Gasteiger partial charge in [0.25, 0.3) is 0 Å². The first-order valence-corrected chi connectivity index (χ1v) is 8.64. The quantitative estimate of drug-likeness (QED) is 0.750. The molecule has 0 aliphatic carbocycles. The molecule has 2 aromatic carbocycles. The minimum Gasteiger partial charge on any atom is -0.352 e. The van der Waals surface area contributed by atoms with Crippen LogP contribution in [0.25, 0.3) is 17.1 Å². The van der Waals surface area contributed by atoms with Crippen LogP contribution in [-0.4, -0.2) is 26.3 Å². The summed E-state index contributed by atoms with van der Waals surface area (Å²) >= 11 is 5.92. The average Bonchev–Trinajstić information content (AvgIpc) is 2.92. The topological polar surface area (TPSA) is 68.9 Å². The standard InChI is InChI=1S/C19H19ClN4O2/c1-13(2)21-17(25)12-23-18(14-6-4-3-5-7-14)22-24(19(23)26)16-10-8-15(20)9-11-16/h3-11,13H,12H2,1-2H3,(H,21,25). The normalized spacial score (nSPS) is 10.9. The Morgan fingerprint density at radius 2 is 1.77 bits per heavy atom. The number of nitrogens with zero attached hydrogens (tertiary/aromatic N) is 3. The van der Waals surface area contributed by atoms with E-state index in [-0.39, 0.29) is 24.2 Å². The summed E-state index contributed by atoms with van der Waals surface area (Å²) in [5.74, 6) is 0.194. The Morgan fingerprint density at radius 3 is 2.38 bits per heavy atom. The van der Waals surface area contributed by atoms with Gasteiger partial charge in [-0.1, -0.05) is 41.9 Å². The highest BCUT2D eigenvalue weighted by molar-refractivity contribution is 6.30. The lowest BCUT2D eigenvalue weighted by atomic mass is 10.2. The van der Waals surface area contributed by atoms with Crippen molar-refractivity contribution in [2.24, 2.45) is 0 Å². The first-order valence-electron chi connectivity index (χ1n) is 8.26. The fraction of sp³-hybridized carbons (Fsp3) is 0.211. The van der Waals surface area contributed by atoms with Crippen LogP contribution >= 0.6 is 11.6 Å². The molecule has 6 nitrogen and oxygen atoms in total. The van der Waals surface area contributed by atoms with E-state index in [1.165, 1.54) is 9.25 Å². The molecular formula is C19H19ClN4O2. The van der Waals surface area contributed by atoms with Crippen LogP contribution in [0.1, 0.15) is 13.8 Å². The monoisotopic (exact) mass is 370 g/mol. The van der Waals surface area contributed by atoms with E-state index < -0.39 is 0 Å². The summed E-state index contributed by atoms with van der Waals surface area (Å²) < 4.78 is 2.66. The minimum absolute atomic E-state index is 0.00955. The lowest BCUT2D eigenvalue weighted by molar-refractivity contribution is -0.122. The number of benzene rings is 2. The third-order valence-corrected chi connectivity index (χ3v) is 3.97. The van der Waals surface area contributed by atoms with Gasteiger partial charge in [-0.3, -0.25) is 9.36 Å². The smallest absolute Gasteiger partial charge is 0.351 e. The highest BCUT2D eigenvalue weighted by Gasteiger charge is 2.18. The number of carbonyl (C=O) groups excluding carboxylic acids is 1. The second-order valence-electron chi connectivity index (χ2n) is 6.17. The van der Waals surface area contributed by atoms with Gasteiger partial charge < -0.3 is 5.32 Å². The second kappa shape index (κ2) is 7.58. The first-order chi connectivity index (χ1) is 12.5. The maximum atomic E-state index is 12.9. The molecule has 1 N–H and O–H groups in total. The predicted octanol–water partition coefficient (Wildman–Crippen LogP) is 2.88. The van der Waals surface area contributed by atoms with E-state index in [0.717, 1.165) is 5.56 Å². The predicted molar refractivity (Wildman–Crippen MR) is 102 cm³/mol. The third kappa shape index (κ3) is 3.86. The van der Waals surface area contributed by atoms with Crippen LogP contribution in [0.4, 0.5) is 0 Å². The van der Waals surface area contributed by atoms with Crippen molar-refractivity contribution in [2.45, 2.75) is 26.4 Å². The molecule has 0 bridgehead atoms. The van der Waals surface area contributed by atoms with Crippen LogP contribution in [0.5, 0.6) is 0 Å². The molecule has 1 heterocycles. The van der Waals surface area contributed by atoms with Crippen LogP contribution in [0, 0.1) is 0 Å². The van der Waals surface area contributed by atoms with Gasteiger partial charge in [0.2, 0.25) is 5.91 Å². The molecule has 0 fully saturated rings. The molecular weight excluding hydrogens is 352 g/mol. The van der Waals surface area contributed by atoms with Crippen molar-refractivity contribution in [1.29, 1.82) is 0 Å². The van der Waals surface area contributed by atoms with Gasteiger partial charge in [0.05, 0.1) is 5.69 Å². The zero-order valence-electron chi connectivity index (χ0n) is 14.5. The van der Waals surface area contributed by atoms with Crippen molar-refractivity contribution in [3.8, 4) is 17.1 Å². The molecule has 0 unspecified atom stereocenters. The summed E-state index contributed by atoms with van der Waals surface area (Å²) in [6.07, 6.45) is 0. The maximum absolute atomic E-state index is 12.9. The fourth-order valence-electron chi connectivity index (χ4n) is 2.60. The van der Waals surface area contributed by atoms with Crippen molar-refractivity contribution in [3.63, 3.8) is 0 Å². The molecule has 3 aromatic rings. The van der Waals surface area contributed by atoms with Gasteiger partial charge in [0, 0.05) is 16.6 Å². The SMILES string of the molecule is CC(C)NC(=O)Cn1c(-c2ccccc2)nn(-c2ccc(Cl)cc2)c1=O. The molecule has 7 heteroatoms. The van der Waals surface area contributed by atoms with E-state index in [0.29, 0.717) is 16.5 Å². The van der Waals surface area contributed by atoms with E-state index in [1.54, 1.807) is 24.3 Å². The molecule has 0 atom stereocenters. The molecule has 1 amide bonds. The lowest BCUT2D eigenvalue weighted by Crippen LogP contribution is -2.36. The molecule has 0 aliphatic heterocycles. The van der Waals surface area contributed by atoms with Gasteiger partial charge in [0.15, 0.2) is 5.82 Å². The Kier molecular flexibility index (Phi) is 5.23.